The van der Waals surface area contributed by atoms with Gasteiger partial charge in [0.15, 0.2) is 5.65 Å². The zero-order chi connectivity index (χ0) is 15.8. The van der Waals surface area contributed by atoms with Crippen molar-refractivity contribution in [3.63, 3.8) is 0 Å². The lowest BCUT2D eigenvalue weighted by Gasteiger charge is -2.08. The number of hydrogen-bond acceptors (Lipinski definition) is 3. The molecule has 2 aromatic carbocycles. The normalized spacial score (nSPS) is 11.0. The number of imidazole rings is 1. The molecule has 0 unspecified atom stereocenters. The van der Waals surface area contributed by atoms with Gasteiger partial charge in [-0.2, -0.15) is 0 Å². The van der Waals surface area contributed by atoms with Gasteiger partial charge in [-0.15, -0.1) is 0 Å². The van der Waals surface area contributed by atoms with Gasteiger partial charge in [0.1, 0.15) is 5.69 Å². The SMILES string of the molecule is CC(=O)Nc1ccc(-c2nc3ccccc3n3ccnc23)cc1. The molecule has 0 aliphatic carbocycles. The summed E-state index contributed by atoms with van der Waals surface area (Å²) in [7, 11) is 0. The van der Waals surface area contributed by atoms with Crippen molar-refractivity contribution >= 4 is 28.3 Å². The van der Waals surface area contributed by atoms with Crippen LogP contribution in [-0.4, -0.2) is 20.3 Å². The lowest BCUT2D eigenvalue weighted by Crippen LogP contribution is -2.05. The van der Waals surface area contributed by atoms with Crippen molar-refractivity contribution in [2.24, 2.45) is 0 Å². The van der Waals surface area contributed by atoms with Crippen LogP contribution in [0.2, 0.25) is 0 Å². The Balaban J connectivity index is 1.90. The molecule has 0 atom stereocenters. The van der Waals surface area contributed by atoms with Gasteiger partial charge in [-0.3, -0.25) is 9.20 Å². The highest BCUT2D eigenvalue weighted by Gasteiger charge is 2.11. The first-order chi connectivity index (χ1) is 11.2. The first-order valence-electron chi connectivity index (χ1n) is 7.32. The third-order valence-corrected chi connectivity index (χ3v) is 3.70. The lowest BCUT2D eigenvalue weighted by molar-refractivity contribution is -0.114. The number of aromatic nitrogens is 3. The van der Waals surface area contributed by atoms with Crippen molar-refractivity contribution < 1.29 is 4.79 Å². The number of nitrogens with zero attached hydrogens (tertiary/aromatic N) is 3. The van der Waals surface area contributed by atoms with E-state index in [0.29, 0.717) is 0 Å². The summed E-state index contributed by atoms with van der Waals surface area (Å²) < 4.78 is 2.04. The van der Waals surface area contributed by atoms with Crippen molar-refractivity contribution in [3.8, 4) is 11.3 Å². The highest BCUT2D eigenvalue weighted by molar-refractivity contribution is 5.90. The molecule has 0 spiro atoms. The maximum absolute atomic E-state index is 11.1. The van der Waals surface area contributed by atoms with E-state index in [4.69, 9.17) is 4.98 Å². The summed E-state index contributed by atoms with van der Waals surface area (Å²) in [6, 6.07) is 15.6. The van der Waals surface area contributed by atoms with Crippen LogP contribution in [0.1, 0.15) is 6.92 Å². The summed E-state index contributed by atoms with van der Waals surface area (Å²) >= 11 is 0. The molecule has 0 radical (unpaired) electrons. The monoisotopic (exact) mass is 302 g/mol. The van der Waals surface area contributed by atoms with Crippen LogP contribution in [0.25, 0.3) is 27.9 Å². The van der Waals surface area contributed by atoms with Crippen LogP contribution < -0.4 is 5.32 Å². The molecular weight excluding hydrogens is 288 g/mol. The van der Waals surface area contributed by atoms with Crippen molar-refractivity contribution in [2.45, 2.75) is 6.92 Å². The number of amides is 1. The summed E-state index contributed by atoms with van der Waals surface area (Å²) in [5.74, 6) is -0.0859. The summed E-state index contributed by atoms with van der Waals surface area (Å²) in [5.41, 5.74) is 5.30. The van der Waals surface area contributed by atoms with Crippen LogP contribution >= 0.6 is 0 Å². The van der Waals surface area contributed by atoms with E-state index in [-0.39, 0.29) is 5.91 Å². The highest BCUT2D eigenvalue weighted by Crippen LogP contribution is 2.26. The Labute approximate surface area is 132 Å². The molecule has 2 aromatic heterocycles. The summed E-state index contributed by atoms with van der Waals surface area (Å²) in [4.78, 5) is 20.3. The molecule has 0 saturated heterocycles. The number of benzene rings is 2. The van der Waals surface area contributed by atoms with Crippen LogP contribution in [-0.2, 0) is 4.79 Å². The Morgan fingerprint density at radius 3 is 2.65 bits per heavy atom. The molecule has 0 fully saturated rings. The van der Waals surface area contributed by atoms with Crippen LogP contribution in [0.15, 0.2) is 60.9 Å². The average Bonchev–Trinajstić information content (AvgIpc) is 3.04. The minimum Gasteiger partial charge on any atom is -0.326 e. The van der Waals surface area contributed by atoms with Gasteiger partial charge in [0, 0.05) is 30.6 Å². The number of fused-ring (bicyclic) bond motifs is 3. The van der Waals surface area contributed by atoms with E-state index in [0.717, 1.165) is 33.6 Å². The standard InChI is InChI=1S/C18H14N4O/c1-12(23)20-14-8-6-13(7-9-14)17-18-19-10-11-22(18)16-5-3-2-4-15(16)21-17/h2-11H,1H3,(H,20,23). The van der Waals surface area contributed by atoms with Gasteiger partial charge in [-0.25, -0.2) is 9.97 Å². The van der Waals surface area contributed by atoms with E-state index in [1.54, 1.807) is 6.20 Å². The zero-order valence-electron chi connectivity index (χ0n) is 12.5. The topological polar surface area (TPSA) is 59.3 Å². The number of carbonyl (C=O) groups is 1. The van der Waals surface area contributed by atoms with E-state index < -0.39 is 0 Å². The second-order valence-electron chi connectivity index (χ2n) is 5.33. The second-order valence-corrected chi connectivity index (χ2v) is 5.33. The number of para-hydroxylation sites is 2. The average molecular weight is 302 g/mol. The largest absolute Gasteiger partial charge is 0.326 e. The smallest absolute Gasteiger partial charge is 0.221 e. The molecule has 0 bridgehead atoms. The van der Waals surface area contributed by atoms with Crippen LogP contribution in [0, 0.1) is 0 Å². The van der Waals surface area contributed by atoms with Crippen LogP contribution in [0.4, 0.5) is 5.69 Å². The molecule has 0 aliphatic heterocycles. The van der Waals surface area contributed by atoms with Gasteiger partial charge in [0.25, 0.3) is 0 Å². The number of rotatable bonds is 2. The van der Waals surface area contributed by atoms with Gasteiger partial charge in [-0.1, -0.05) is 24.3 Å². The molecule has 4 rings (SSSR count). The van der Waals surface area contributed by atoms with Gasteiger partial charge >= 0.3 is 0 Å². The molecule has 2 heterocycles. The predicted octanol–water partition coefficient (Wildman–Crippen LogP) is 3.51. The first-order valence-corrected chi connectivity index (χ1v) is 7.32. The molecule has 5 nitrogen and oxygen atoms in total. The van der Waals surface area contributed by atoms with Gasteiger partial charge in [-0.05, 0) is 24.3 Å². The zero-order valence-corrected chi connectivity index (χ0v) is 12.5. The molecular formula is C18H14N4O. The lowest BCUT2D eigenvalue weighted by atomic mass is 10.1. The maximum Gasteiger partial charge on any atom is 0.221 e. The second kappa shape index (κ2) is 5.21. The maximum atomic E-state index is 11.1. The van der Waals surface area contributed by atoms with Crippen LogP contribution in [0.3, 0.4) is 0 Å². The third kappa shape index (κ3) is 2.32. The van der Waals surface area contributed by atoms with Gasteiger partial charge in [0.05, 0.1) is 11.0 Å². The van der Waals surface area contributed by atoms with Crippen molar-refractivity contribution in [2.75, 3.05) is 5.32 Å². The highest BCUT2D eigenvalue weighted by atomic mass is 16.1. The Hall–Kier alpha value is -3.21. The Kier molecular flexibility index (Phi) is 3.05. The van der Waals surface area contributed by atoms with Gasteiger partial charge in [0.2, 0.25) is 5.91 Å². The molecule has 112 valence electrons. The summed E-state index contributed by atoms with van der Waals surface area (Å²) in [6.07, 6.45) is 3.72. The predicted molar refractivity (Wildman–Crippen MR) is 90.2 cm³/mol. The first kappa shape index (κ1) is 13.5. The molecule has 1 N–H and O–H groups in total. The molecule has 4 aromatic rings. The summed E-state index contributed by atoms with van der Waals surface area (Å²) in [5, 5.41) is 2.77. The van der Waals surface area contributed by atoms with E-state index in [1.165, 1.54) is 6.92 Å². The van der Waals surface area contributed by atoms with Gasteiger partial charge < -0.3 is 5.32 Å². The number of carbonyl (C=O) groups excluding carboxylic acids is 1. The fourth-order valence-corrected chi connectivity index (χ4v) is 2.71. The minimum absolute atomic E-state index is 0.0859. The van der Waals surface area contributed by atoms with Crippen molar-refractivity contribution in [1.82, 2.24) is 14.4 Å². The third-order valence-electron chi connectivity index (χ3n) is 3.70. The molecule has 1 amide bonds. The van der Waals surface area contributed by atoms with E-state index >= 15 is 0 Å². The van der Waals surface area contributed by atoms with Crippen LogP contribution in [0.5, 0.6) is 0 Å². The minimum atomic E-state index is -0.0859. The number of hydrogen-bond donors (Lipinski definition) is 1. The molecule has 0 saturated carbocycles. The fraction of sp³-hybridized carbons (Fsp3) is 0.0556. The number of nitrogens with one attached hydrogen (secondary N) is 1. The quantitative estimate of drug-likeness (QED) is 0.616. The number of anilines is 1. The van der Waals surface area contributed by atoms with E-state index in [9.17, 15) is 4.79 Å². The Bertz CT molecular complexity index is 1020. The van der Waals surface area contributed by atoms with E-state index in [1.807, 2.05) is 59.1 Å². The molecule has 23 heavy (non-hydrogen) atoms. The molecule has 5 heteroatoms. The van der Waals surface area contributed by atoms with Crippen molar-refractivity contribution in [3.05, 3.63) is 60.9 Å². The Morgan fingerprint density at radius 2 is 1.87 bits per heavy atom. The molecule has 0 aliphatic rings. The fourth-order valence-electron chi connectivity index (χ4n) is 2.71. The van der Waals surface area contributed by atoms with Crippen molar-refractivity contribution in [1.29, 1.82) is 0 Å². The summed E-state index contributed by atoms with van der Waals surface area (Å²) in [6.45, 7) is 1.49. The van der Waals surface area contributed by atoms with E-state index in [2.05, 4.69) is 10.3 Å². The Morgan fingerprint density at radius 1 is 1.09 bits per heavy atom.